The molecular weight excluding hydrogens is 208 g/mol. The van der Waals surface area contributed by atoms with Crippen molar-refractivity contribution in [3.63, 3.8) is 0 Å². The lowest BCUT2D eigenvalue weighted by molar-refractivity contribution is -0.270. The Hall–Kier alpha value is -1.71. The second kappa shape index (κ2) is 4.43. The molecule has 88 valence electrons. The minimum atomic E-state index is -1.35. The fraction of sp³-hybridized carbons (Fsp3) is 0.417. The van der Waals surface area contributed by atoms with Gasteiger partial charge in [-0.25, -0.2) is 4.79 Å². The second-order valence-electron chi connectivity index (χ2n) is 3.73. The van der Waals surface area contributed by atoms with Gasteiger partial charge >= 0.3 is 6.16 Å². The van der Waals surface area contributed by atoms with Gasteiger partial charge in [0.1, 0.15) is 5.75 Å². The van der Waals surface area contributed by atoms with E-state index >= 15 is 0 Å². The van der Waals surface area contributed by atoms with Gasteiger partial charge in [0.2, 0.25) is 0 Å². The summed E-state index contributed by atoms with van der Waals surface area (Å²) in [6.07, 6.45) is -0.777. The predicted octanol–water partition coefficient (Wildman–Crippen LogP) is 2.30. The topological polar surface area (TPSA) is 69.6 Å². The minimum absolute atomic E-state index is 0.0351. The largest absolute Gasteiger partial charge is 0.872 e. The van der Waals surface area contributed by atoms with E-state index in [0.717, 1.165) is 0 Å². The monoisotopic (exact) mass is 223 g/mol. The molecule has 0 amide bonds. The van der Waals surface area contributed by atoms with E-state index < -0.39 is 6.16 Å². The molecule has 0 aromatic heterocycles. The first-order valence-corrected chi connectivity index (χ1v) is 5.10. The third kappa shape index (κ3) is 1.96. The first-order valence-electron chi connectivity index (χ1n) is 5.10. The summed E-state index contributed by atoms with van der Waals surface area (Å²) in [7, 11) is 0. The van der Waals surface area contributed by atoms with Crippen LogP contribution < -0.4 is 9.84 Å². The summed E-state index contributed by atoms with van der Waals surface area (Å²) >= 11 is 0. The van der Waals surface area contributed by atoms with Crippen molar-refractivity contribution in [2.24, 2.45) is 0 Å². The summed E-state index contributed by atoms with van der Waals surface area (Å²) in [5.41, 5.74) is 2.40. The van der Waals surface area contributed by atoms with E-state index in [1.54, 1.807) is 20.8 Å². The van der Waals surface area contributed by atoms with E-state index in [4.69, 9.17) is 9.84 Å². The fourth-order valence-corrected chi connectivity index (χ4v) is 1.81. The van der Waals surface area contributed by atoms with Crippen LogP contribution in [0.15, 0.2) is 0 Å². The van der Waals surface area contributed by atoms with Gasteiger partial charge in [0, 0.05) is 0 Å². The summed E-state index contributed by atoms with van der Waals surface area (Å²) in [5.74, 6) is 0.275. The Labute approximate surface area is 94.5 Å². The summed E-state index contributed by atoms with van der Waals surface area (Å²) in [4.78, 5) is 10.6. The van der Waals surface area contributed by atoms with Crippen molar-refractivity contribution in [2.45, 2.75) is 34.1 Å². The molecule has 0 saturated heterocycles. The fourth-order valence-electron chi connectivity index (χ4n) is 1.81. The van der Waals surface area contributed by atoms with Crippen LogP contribution in [0.2, 0.25) is 0 Å². The molecule has 0 unspecified atom stereocenters. The third-order valence-electron chi connectivity index (χ3n) is 2.85. The van der Waals surface area contributed by atoms with Gasteiger partial charge in [-0.1, -0.05) is 18.1 Å². The molecule has 0 aliphatic carbocycles. The molecule has 1 aromatic carbocycles. The maximum Gasteiger partial charge on any atom is 0.511 e. The van der Waals surface area contributed by atoms with Gasteiger partial charge < -0.3 is 14.9 Å². The normalized spacial score (nSPS) is 10.2. The van der Waals surface area contributed by atoms with Gasteiger partial charge in [0.15, 0.2) is 0 Å². The Morgan fingerprint density at radius 3 is 2.25 bits per heavy atom. The molecule has 1 N–H and O–H groups in total. The van der Waals surface area contributed by atoms with Gasteiger partial charge in [-0.15, -0.1) is 5.75 Å². The van der Waals surface area contributed by atoms with Crippen LogP contribution in [-0.2, 0) is 6.42 Å². The number of hydrogen-bond acceptors (Lipinski definition) is 3. The Balaban J connectivity index is 3.50. The lowest BCUT2D eigenvalue weighted by Gasteiger charge is -2.23. The molecule has 1 aromatic rings. The SMILES string of the molecule is CCc1c(C)c([O-])c(C)c(C)c1OC(=O)O. The Morgan fingerprint density at radius 1 is 1.25 bits per heavy atom. The highest BCUT2D eigenvalue weighted by atomic mass is 16.7. The zero-order valence-corrected chi connectivity index (χ0v) is 9.88. The molecule has 0 radical (unpaired) electrons. The quantitative estimate of drug-likeness (QED) is 0.617. The number of hydrogen-bond donors (Lipinski definition) is 1. The number of rotatable bonds is 2. The van der Waals surface area contributed by atoms with E-state index in [-0.39, 0.29) is 5.75 Å². The Kier molecular flexibility index (Phi) is 3.42. The van der Waals surface area contributed by atoms with Crippen molar-refractivity contribution in [3.05, 3.63) is 22.3 Å². The first-order chi connectivity index (χ1) is 7.40. The summed E-state index contributed by atoms with van der Waals surface area (Å²) in [6, 6.07) is 0. The highest BCUT2D eigenvalue weighted by Crippen LogP contribution is 2.35. The predicted molar refractivity (Wildman–Crippen MR) is 58.1 cm³/mol. The minimum Gasteiger partial charge on any atom is -0.872 e. The molecule has 1 rings (SSSR count). The van der Waals surface area contributed by atoms with E-state index in [9.17, 15) is 9.90 Å². The van der Waals surface area contributed by atoms with Gasteiger partial charge in [-0.05, 0) is 38.3 Å². The van der Waals surface area contributed by atoms with Crippen LogP contribution in [-0.4, -0.2) is 11.3 Å². The smallest absolute Gasteiger partial charge is 0.511 e. The van der Waals surface area contributed by atoms with Gasteiger partial charge in [-0.3, -0.25) is 0 Å². The number of ether oxygens (including phenoxy) is 1. The standard InChI is InChI=1S/C12H16O4/c1-5-9-8(4)10(13)6(2)7(3)11(9)16-12(14)15/h13H,5H2,1-4H3,(H,14,15)/p-1. The lowest BCUT2D eigenvalue weighted by Crippen LogP contribution is -2.11. The van der Waals surface area contributed by atoms with Crippen LogP contribution in [0.3, 0.4) is 0 Å². The first kappa shape index (κ1) is 12.4. The van der Waals surface area contributed by atoms with Crippen molar-refractivity contribution in [2.75, 3.05) is 0 Å². The highest BCUT2D eigenvalue weighted by Gasteiger charge is 2.15. The van der Waals surface area contributed by atoms with Gasteiger partial charge in [0.25, 0.3) is 0 Å². The van der Waals surface area contributed by atoms with Crippen molar-refractivity contribution in [3.8, 4) is 11.5 Å². The average molecular weight is 223 g/mol. The molecule has 4 heteroatoms. The number of carbonyl (C=O) groups is 1. The van der Waals surface area contributed by atoms with Crippen molar-refractivity contribution in [1.82, 2.24) is 0 Å². The molecule has 0 saturated carbocycles. The molecule has 0 spiro atoms. The van der Waals surface area contributed by atoms with Gasteiger partial charge in [-0.2, -0.15) is 0 Å². The maximum atomic E-state index is 11.8. The molecule has 0 fully saturated rings. The Morgan fingerprint density at radius 2 is 1.81 bits per heavy atom. The van der Waals surface area contributed by atoms with Crippen molar-refractivity contribution < 1.29 is 19.7 Å². The summed E-state index contributed by atoms with van der Waals surface area (Å²) in [6.45, 7) is 6.94. The van der Waals surface area contributed by atoms with E-state index in [1.807, 2.05) is 6.92 Å². The lowest BCUT2D eigenvalue weighted by atomic mass is 9.96. The van der Waals surface area contributed by atoms with Crippen LogP contribution >= 0.6 is 0 Å². The van der Waals surface area contributed by atoms with Crippen LogP contribution in [0.1, 0.15) is 29.2 Å². The average Bonchev–Trinajstić information content (AvgIpc) is 2.23. The van der Waals surface area contributed by atoms with Gasteiger partial charge in [0.05, 0.1) is 0 Å². The molecule has 0 bridgehead atoms. The van der Waals surface area contributed by atoms with Crippen LogP contribution in [0, 0.1) is 20.8 Å². The molecule has 0 atom stereocenters. The van der Waals surface area contributed by atoms with E-state index in [0.29, 0.717) is 34.4 Å². The third-order valence-corrected chi connectivity index (χ3v) is 2.85. The van der Waals surface area contributed by atoms with E-state index in [1.165, 1.54) is 0 Å². The number of benzene rings is 1. The molecular formula is C12H15O4-. The second-order valence-corrected chi connectivity index (χ2v) is 3.73. The van der Waals surface area contributed by atoms with Crippen LogP contribution in [0.4, 0.5) is 4.79 Å². The molecule has 4 nitrogen and oxygen atoms in total. The Bertz CT molecular complexity index is 435. The van der Waals surface area contributed by atoms with Crippen LogP contribution in [0.25, 0.3) is 0 Å². The molecule has 0 heterocycles. The van der Waals surface area contributed by atoms with Crippen molar-refractivity contribution in [1.29, 1.82) is 0 Å². The maximum absolute atomic E-state index is 11.8. The zero-order chi connectivity index (χ0) is 12.5. The van der Waals surface area contributed by atoms with Crippen molar-refractivity contribution >= 4 is 6.16 Å². The highest BCUT2D eigenvalue weighted by molar-refractivity contribution is 5.66. The van der Waals surface area contributed by atoms with Crippen LogP contribution in [0.5, 0.6) is 11.5 Å². The summed E-state index contributed by atoms with van der Waals surface area (Å²) < 4.78 is 4.76. The molecule has 16 heavy (non-hydrogen) atoms. The molecule has 0 aliphatic heterocycles. The van der Waals surface area contributed by atoms with E-state index in [2.05, 4.69) is 0 Å². The zero-order valence-electron chi connectivity index (χ0n) is 9.88. The molecule has 0 aliphatic rings. The number of carboxylic acid groups (broad SMARTS) is 1. The summed E-state index contributed by atoms with van der Waals surface area (Å²) in [5, 5.41) is 20.5.